The lowest BCUT2D eigenvalue weighted by Crippen LogP contribution is -2.51. The van der Waals surface area contributed by atoms with Crippen molar-refractivity contribution in [3.8, 4) is 0 Å². The molecular weight excluding hydrogens is 252 g/mol. The summed E-state index contributed by atoms with van der Waals surface area (Å²) < 4.78 is 0. The second kappa shape index (κ2) is 5.55. The molecular formula is C16H28N2O2. The van der Waals surface area contributed by atoms with Crippen LogP contribution in [0.1, 0.15) is 51.9 Å². The molecule has 0 bridgehead atoms. The Balaban J connectivity index is 1.51. The van der Waals surface area contributed by atoms with Gasteiger partial charge in [-0.3, -0.25) is 0 Å². The van der Waals surface area contributed by atoms with Crippen molar-refractivity contribution in [3.63, 3.8) is 0 Å². The van der Waals surface area contributed by atoms with E-state index in [1.165, 1.54) is 25.7 Å². The van der Waals surface area contributed by atoms with Crippen molar-refractivity contribution in [2.75, 3.05) is 19.7 Å². The van der Waals surface area contributed by atoms with E-state index >= 15 is 0 Å². The van der Waals surface area contributed by atoms with Gasteiger partial charge < -0.3 is 15.3 Å². The summed E-state index contributed by atoms with van der Waals surface area (Å²) in [5.41, 5.74) is 0.0587. The van der Waals surface area contributed by atoms with Gasteiger partial charge in [-0.05, 0) is 62.2 Å². The highest BCUT2D eigenvalue weighted by Crippen LogP contribution is 2.44. The van der Waals surface area contributed by atoms with E-state index in [9.17, 15) is 9.90 Å². The van der Waals surface area contributed by atoms with Crippen LogP contribution in [0.4, 0.5) is 4.79 Å². The maximum atomic E-state index is 12.4. The molecule has 0 unspecified atom stereocenters. The molecule has 0 spiro atoms. The molecule has 0 atom stereocenters. The number of amides is 2. The van der Waals surface area contributed by atoms with E-state index < -0.39 is 0 Å². The number of urea groups is 1. The van der Waals surface area contributed by atoms with E-state index in [2.05, 4.69) is 12.2 Å². The number of aliphatic hydroxyl groups excluding tert-OH is 1. The Kier molecular flexibility index (Phi) is 3.93. The average Bonchev–Trinajstić information content (AvgIpc) is 3.37. The third-order valence-corrected chi connectivity index (χ3v) is 5.75. The van der Waals surface area contributed by atoms with Crippen molar-refractivity contribution in [1.29, 1.82) is 0 Å². The van der Waals surface area contributed by atoms with Crippen molar-refractivity contribution in [1.82, 2.24) is 10.2 Å². The SMILES string of the molecule is CCC1(CO)CCN(C(=O)NC(C2CC2)C2CC2)CC1. The Morgan fingerprint density at radius 3 is 2.20 bits per heavy atom. The number of likely N-dealkylation sites (tertiary alicyclic amines) is 1. The Hall–Kier alpha value is -0.770. The first-order valence-electron chi connectivity index (χ1n) is 8.34. The van der Waals surface area contributed by atoms with E-state index in [0.717, 1.165) is 44.2 Å². The van der Waals surface area contributed by atoms with Gasteiger partial charge in [-0.15, -0.1) is 0 Å². The quantitative estimate of drug-likeness (QED) is 0.812. The molecule has 0 aromatic rings. The normalized spacial score (nSPS) is 25.9. The van der Waals surface area contributed by atoms with Crippen LogP contribution >= 0.6 is 0 Å². The largest absolute Gasteiger partial charge is 0.396 e. The number of carbonyl (C=O) groups excluding carboxylic acids is 1. The molecule has 0 aromatic carbocycles. The zero-order valence-corrected chi connectivity index (χ0v) is 12.6. The van der Waals surface area contributed by atoms with Crippen molar-refractivity contribution in [2.24, 2.45) is 17.3 Å². The van der Waals surface area contributed by atoms with E-state index in [1.807, 2.05) is 4.90 Å². The molecule has 3 aliphatic rings. The molecule has 4 heteroatoms. The standard InChI is InChI=1S/C16H28N2O2/c1-2-16(11-19)7-9-18(10-8-16)15(20)17-14(12-3-4-12)13-5-6-13/h12-14,19H,2-11H2,1H3,(H,17,20). The Morgan fingerprint density at radius 2 is 1.80 bits per heavy atom. The highest BCUT2D eigenvalue weighted by atomic mass is 16.3. The molecule has 2 amide bonds. The van der Waals surface area contributed by atoms with Crippen LogP contribution < -0.4 is 5.32 Å². The van der Waals surface area contributed by atoms with Gasteiger partial charge in [0.2, 0.25) is 0 Å². The molecule has 114 valence electrons. The van der Waals surface area contributed by atoms with Crippen LogP contribution in [-0.2, 0) is 0 Å². The number of nitrogens with zero attached hydrogens (tertiary/aromatic N) is 1. The number of hydrogen-bond acceptors (Lipinski definition) is 2. The maximum absolute atomic E-state index is 12.4. The van der Waals surface area contributed by atoms with Crippen molar-refractivity contribution in [3.05, 3.63) is 0 Å². The minimum atomic E-state index is 0.0587. The monoisotopic (exact) mass is 280 g/mol. The molecule has 1 aliphatic heterocycles. The lowest BCUT2D eigenvalue weighted by molar-refractivity contribution is 0.0512. The van der Waals surface area contributed by atoms with Crippen molar-refractivity contribution in [2.45, 2.75) is 57.9 Å². The second-order valence-electron chi connectivity index (χ2n) is 7.15. The number of carbonyl (C=O) groups is 1. The summed E-state index contributed by atoms with van der Waals surface area (Å²) in [5, 5.41) is 12.9. The predicted molar refractivity (Wildman–Crippen MR) is 78.4 cm³/mol. The maximum Gasteiger partial charge on any atom is 0.317 e. The van der Waals surface area contributed by atoms with E-state index in [1.54, 1.807) is 0 Å². The number of rotatable bonds is 5. The van der Waals surface area contributed by atoms with Gasteiger partial charge in [-0.25, -0.2) is 4.79 Å². The van der Waals surface area contributed by atoms with Crippen LogP contribution in [0.25, 0.3) is 0 Å². The van der Waals surface area contributed by atoms with Gasteiger partial charge in [-0.1, -0.05) is 6.92 Å². The van der Waals surface area contributed by atoms with Gasteiger partial charge in [0.15, 0.2) is 0 Å². The number of aliphatic hydroxyl groups is 1. The summed E-state index contributed by atoms with van der Waals surface area (Å²) in [6, 6.07) is 0.578. The van der Waals surface area contributed by atoms with E-state index in [0.29, 0.717) is 6.04 Å². The Labute approximate surface area is 121 Å². The number of hydrogen-bond donors (Lipinski definition) is 2. The van der Waals surface area contributed by atoms with Crippen LogP contribution in [0, 0.1) is 17.3 Å². The molecule has 2 aliphatic carbocycles. The molecule has 4 nitrogen and oxygen atoms in total. The van der Waals surface area contributed by atoms with Crippen LogP contribution in [0.3, 0.4) is 0 Å². The van der Waals surface area contributed by atoms with Gasteiger partial charge >= 0.3 is 6.03 Å². The van der Waals surface area contributed by atoms with Gasteiger partial charge in [0.25, 0.3) is 0 Å². The van der Waals surface area contributed by atoms with Crippen LogP contribution in [0.5, 0.6) is 0 Å². The highest BCUT2D eigenvalue weighted by Gasteiger charge is 2.43. The van der Waals surface area contributed by atoms with Crippen molar-refractivity contribution < 1.29 is 9.90 Å². The average molecular weight is 280 g/mol. The molecule has 2 N–H and O–H groups in total. The smallest absolute Gasteiger partial charge is 0.317 e. The molecule has 3 rings (SSSR count). The fraction of sp³-hybridized carbons (Fsp3) is 0.938. The van der Waals surface area contributed by atoms with E-state index in [4.69, 9.17) is 0 Å². The first kappa shape index (κ1) is 14.2. The topological polar surface area (TPSA) is 52.6 Å². The summed E-state index contributed by atoms with van der Waals surface area (Å²) in [7, 11) is 0. The lowest BCUT2D eigenvalue weighted by atomic mass is 9.77. The molecule has 2 saturated carbocycles. The van der Waals surface area contributed by atoms with Gasteiger partial charge in [0, 0.05) is 25.7 Å². The van der Waals surface area contributed by atoms with Gasteiger partial charge in [0.1, 0.15) is 0 Å². The first-order chi connectivity index (χ1) is 9.67. The molecule has 0 radical (unpaired) electrons. The molecule has 1 saturated heterocycles. The first-order valence-corrected chi connectivity index (χ1v) is 8.34. The molecule has 0 aromatic heterocycles. The molecule has 3 fully saturated rings. The fourth-order valence-electron chi connectivity index (χ4n) is 3.57. The van der Waals surface area contributed by atoms with Crippen LogP contribution in [0.15, 0.2) is 0 Å². The molecule has 1 heterocycles. The van der Waals surface area contributed by atoms with Gasteiger partial charge in [0.05, 0.1) is 0 Å². The molecule has 20 heavy (non-hydrogen) atoms. The zero-order chi connectivity index (χ0) is 14.2. The van der Waals surface area contributed by atoms with Crippen LogP contribution in [-0.4, -0.2) is 41.8 Å². The summed E-state index contributed by atoms with van der Waals surface area (Å²) in [6.07, 6.45) is 8.06. The summed E-state index contributed by atoms with van der Waals surface area (Å²) >= 11 is 0. The Bertz CT molecular complexity index is 337. The number of nitrogens with one attached hydrogen (secondary N) is 1. The van der Waals surface area contributed by atoms with Gasteiger partial charge in [-0.2, -0.15) is 0 Å². The van der Waals surface area contributed by atoms with E-state index in [-0.39, 0.29) is 18.1 Å². The summed E-state index contributed by atoms with van der Waals surface area (Å²) in [4.78, 5) is 14.4. The third-order valence-electron chi connectivity index (χ3n) is 5.75. The zero-order valence-electron chi connectivity index (χ0n) is 12.6. The highest BCUT2D eigenvalue weighted by molar-refractivity contribution is 5.74. The minimum Gasteiger partial charge on any atom is -0.396 e. The van der Waals surface area contributed by atoms with Crippen LogP contribution in [0.2, 0.25) is 0 Å². The Morgan fingerprint density at radius 1 is 1.25 bits per heavy atom. The third kappa shape index (κ3) is 2.95. The fourth-order valence-corrected chi connectivity index (χ4v) is 3.57. The summed E-state index contributed by atoms with van der Waals surface area (Å²) in [6.45, 7) is 3.98. The number of piperidine rings is 1. The van der Waals surface area contributed by atoms with Crippen molar-refractivity contribution >= 4 is 6.03 Å². The second-order valence-corrected chi connectivity index (χ2v) is 7.15. The summed E-state index contributed by atoms with van der Waals surface area (Å²) in [5.74, 6) is 1.51. The lowest BCUT2D eigenvalue weighted by Gasteiger charge is -2.40. The minimum absolute atomic E-state index is 0.0587. The predicted octanol–water partition coefficient (Wildman–Crippen LogP) is 2.37.